The highest BCUT2D eigenvalue weighted by Crippen LogP contribution is 2.21. The van der Waals surface area contributed by atoms with Crippen molar-refractivity contribution < 1.29 is 0 Å². The number of hydrogen-bond donors (Lipinski definition) is 1. The summed E-state index contributed by atoms with van der Waals surface area (Å²) in [5, 5.41) is 7.67. The summed E-state index contributed by atoms with van der Waals surface area (Å²) in [4.78, 5) is 2.27. The molecule has 4 nitrogen and oxygen atoms in total. The second-order valence-corrected chi connectivity index (χ2v) is 5.68. The number of hydrogen-bond acceptors (Lipinski definition) is 3. The van der Waals surface area contributed by atoms with Crippen molar-refractivity contribution in [3.8, 4) is 0 Å². The number of rotatable bonds is 7. The SMILES string of the molecule is CCCNCc1ccc(N(C)Cc2cnn(C)c2)c(C)c1. The van der Waals surface area contributed by atoms with Crippen molar-refractivity contribution in [2.75, 3.05) is 18.5 Å². The maximum Gasteiger partial charge on any atom is 0.0539 e. The van der Waals surface area contributed by atoms with Gasteiger partial charge in [-0.2, -0.15) is 5.10 Å². The maximum absolute atomic E-state index is 4.22. The van der Waals surface area contributed by atoms with Gasteiger partial charge in [-0.3, -0.25) is 4.68 Å². The quantitative estimate of drug-likeness (QED) is 0.795. The molecule has 1 heterocycles. The van der Waals surface area contributed by atoms with Crippen LogP contribution < -0.4 is 10.2 Å². The highest BCUT2D eigenvalue weighted by Gasteiger charge is 2.07. The van der Waals surface area contributed by atoms with E-state index in [1.54, 1.807) is 0 Å². The highest BCUT2D eigenvalue weighted by atomic mass is 15.2. The molecular weight excluding hydrogens is 260 g/mol. The molecule has 0 saturated heterocycles. The number of nitrogens with one attached hydrogen (secondary N) is 1. The van der Waals surface area contributed by atoms with Gasteiger partial charge in [0.2, 0.25) is 0 Å². The van der Waals surface area contributed by atoms with Crippen molar-refractivity contribution in [1.29, 1.82) is 0 Å². The molecule has 1 aromatic heterocycles. The molecule has 1 N–H and O–H groups in total. The second-order valence-electron chi connectivity index (χ2n) is 5.68. The van der Waals surface area contributed by atoms with Gasteiger partial charge in [-0.1, -0.05) is 19.1 Å². The molecule has 0 amide bonds. The van der Waals surface area contributed by atoms with E-state index in [9.17, 15) is 0 Å². The standard InChI is InChI=1S/C17H26N4/c1-5-8-18-10-15-6-7-17(14(2)9-15)20(3)12-16-11-19-21(4)13-16/h6-7,9,11,13,18H,5,8,10,12H2,1-4H3. The van der Waals surface area contributed by atoms with Crippen LogP contribution >= 0.6 is 0 Å². The molecule has 1 aromatic carbocycles. The van der Waals surface area contributed by atoms with Gasteiger partial charge in [0.25, 0.3) is 0 Å². The normalized spacial score (nSPS) is 10.9. The molecule has 0 bridgehead atoms. The third-order valence-corrected chi connectivity index (χ3v) is 3.61. The molecule has 21 heavy (non-hydrogen) atoms. The van der Waals surface area contributed by atoms with Gasteiger partial charge < -0.3 is 10.2 Å². The molecule has 2 rings (SSSR count). The van der Waals surface area contributed by atoms with Crippen LogP contribution in [0.3, 0.4) is 0 Å². The van der Waals surface area contributed by atoms with E-state index in [0.29, 0.717) is 0 Å². The molecule has 0 atom stereocenters. The molecule has 0 aliphatic heterocycles. The van der Waals surface area contributed by atoms with Crippen molar-refractivity contribution >= 4 is 5.69 Å². The van der Waals surface area contributed by atoms with E-state index in [1.807, 2.05) is 17.9 Å². The van der Waals surface area contributed by atoms with Crippen LogP contribution in [0.2, 0.25) is 0 Å². The summed E-state index contributed by atoms with van der Waals surface area (Å²) < 4.78 is 1.85. The van der Waals surface area contributed by atoms with E-state index in [0.717, 1.165) is 19.6 Å². The summed E-state index contributed by atoms with van der Waals surface area (Å²) in [5.41, 5.74) is 5.17. The Bertz CT molecular complexity index is 574. The monoisotopic (exact) mass is 286 g/mol. The first-order valence-electron chi connectivity index (χ1n) is 7.59. The van der Waals surface area contributed by atoms with Gasteiger partial charge in [0.15, 0.2) is 0 Å². The van der Waals surface area contributed by atoms with Crippen LogP contribution in [0.5, 0.6) is 0 Å². The predicted octanol–water partition coefficient (Wildman–Crippen LogP) is 2.86. The zero-order valence-corrected chi connectivity index (χ0v) is 13.6. The summed E-state index contributed by atoms with van der Waals surface area (Å²) in [5.74, 6) is 0. The van der Waals surface area contributed by atoms with Gasteiger partial charge in [-0.05, 0) is 37.1 Å². The Labute approximate surface area is 127 Å². The summed E-state index contributed by atoms with van der Waals surface area (Å²) in [7, 11) is 4.08. The number of anilines is 1. The minimum Gasteiger partial charge on any atom is -0.370 e. The average molecular weight is 286 g/mol. The fourth-order valence-corrected chi connectivity index (χ4v) is 2.58. The summed E-state index contributed by atoms with van der Waals surface area (Å²) in [6.45, 7) is 7.26. The summed E-state index contributed by atoms with van der Waals surface area (Å²) >= 11 is 0. The molecule has 0 unspecified atom stereocenters. The molecule has 0 aliphatic rings. The van der Waals surface area contributed by atoms with Gasteiger partial charge in [0.05, 0.1) is 6.20 Å². The van der Waals surface area contributed by atoms with E-state index in [1.165, 1.54) is 28.8 Å². The lowest BCUT2D eigenvalue weighted by atomic mass is 10.1. The Morgan fingerprint density at radius 3 is 2.71 bits per heavy atom. The zero-order chi connectivity index (χ0) is 15.2. The van der Waals surface area contributed by atoms with Crippen LogP contribution in [-0.2, 0) is 20.1 Å². The number of benzene rings is 1. The molecular formula is C17H26N4. The van der Waals surface area contributed by atoms with E-state index in [2.05, 4.69) is 60.6 Å². The smallest absolute Gasteiger partial charge is 0.0539 e. The molecule has 0 saturated carbocycles. The molecule has 0 aliphatic carbocycles. The first kappa shape index (κ1) is 15.6. The van der Waals surface area contributed by atoms with E-state index in [4.69, 9.17) is 0 Å². The number of aromatic nitrogens is 2. The molecule has 4 heteroatoms. The fraction of sp³-hybridized carbons (Fsp3) is 0.471. The van der Waals surface area contributed by atoms with Crippen molar-refractivity contribution in [3.05, 3.63) is 47.3 Å². The van der Waals surface area contributed by atoms with Gasteiger partial charge in [0.1, 0.15) is 0 Å². The van der Waals surface area contributed by atoms with Gasteiger partial charge >= 0.3 is 0 Å². The fourth-order valence-electron chi connectivity index (χ4n) is 2.58. The topological polar surface area (TPSA) is 33.1 Å². The Hall–Kier alpha value is -1.81. The Kier molecular flexibility index (Phi) is 5.39. The largest absolute Gasteiger partial charge is 0.370 e. The summed E-state index contributed by atoms with van der Waals surface area (Å²) in [6, 6.07) is 6.71. The lowest BCUT2D eigenvalue weighted by Crippen LogP contribution is -2.18. The third-order valence-electron chi connectivity index (χ3n) is 3.61. The van der Waals surface area contributed by atoms with Crippen molar-refractivity contribution in [3.63, 3.8) is 0 Å². The lowest BCUT2D eigenvalue weighted by molar-refractivity contribution is 0.675. The van der Waals surface area contributed by atoms with Crippen LogP contribution in [0.4, 0.5) is 5.69 Å². The van der Waals surface area contributed by atoms with Crippen LogP contribution in [-0.4, -0.2) is 23.4 Å². The van der Waals surface area contributed by atoms with Crippen molar-refractivity contribution in [2.45, 2.75) is 33.4 Å². The zero-order valence-electron chi connectivity index (χ0n) is 13.6. The van der Waals surface area contributed by atoms with Crippen molar-refractivity contribution in [1.82, 2.24) is 15.1 Å². The lowest BCUT2D eigenvalue weighted by Gasteiger charge is -2.21. The maximum atomic E-state index is 4.22. The van der Waals surface area contributed by atoms with E-state index >= 15 is 0 Å². The minimum atomic E-state index is 0.877. The number of aryl methyl sites for hydroxylation is 2. The van der Waals surface area contributed by atoms with Gasteiger partial charge in [-0.15, -0.1) is 0 Å². The Morgan fingerprint density at radius 2 is 2.10 bits per heavy atom. The minimum absolute atomic E-state index is 0.877. The van der Waals surface area contributed by atoms with Crippen LogP contribution in [0.15, 0.2) is 30.6 Å². The van der Waals surface area contributed by atoms with E-state index < -0.39 is 0 Å². The molecule has 114 valence electrons. The molecule has 0 spiro atoms. The molecule has 0 radical (unpaired) electrons. The Balaban J connectivity index is 2.02. The van der Waals surface area contributed by atoms with Crippen molar-refractivity contribution in [2.24, 2.45) is 7.05 Å². The highest BCUT2D eigenvalue weighted by molar-refractivity contribution is 5.54. The average Bonchev–Trinajstić information content (AvgIpc) is 2.84. The summed E-state index contributed by atoms with van der Waals surface area (Å²) in [6.07, 6.45) is 5.16. The first-order valence-corrected chi connectivity index (χ1v) is 7.59. The first-order chi connectivity index (χ1) is 10.1. The van der Waals surface area contributed by atoms with Crippen LogP contribution in [0.1, 0.15) is 30.0 Å². The number of nitrogens with zero attached hydrogens (tertiary/aromatic N) is 3. The predicted molar refractivity (Wildman–Crippen MR) is 88.5 cm³/mol. The van der Waals surface area contributed by atoms with Gasteiger partial charge in [-0.25, -0.2) is 0 Å². The van der Waals surface area contributed by atoms with Gasteiger partial charge in [0, 0.05) is 44.6 Å². The Morgan fingerprint density at radius 1 is 1.29 bits per heavy atom. The van der Waals surface area contributed by atoms with Crippen LogP contribution in [0, 0.1) is 6.92 Å². The third kappa shape index (κ3) is 4.33. The van der Waals surface area contributed by atoms with E-state index in [-0.39, 0.29) is 0 Å². The molecule has 0 fully saturated rings. The second kappa shape index (κ2) is 7.27. The van der Waals surface area contributed by atoms with Crippen LogP contribution in [0.25, 0.3) is 0 Å². The molecule has 2 aromatic rings.